The Balaban J connectivity index is 2.08. The Morgan fingerprint density at radius 2 is 1.79 bits per heavy atom. The van der Waals surface area contributed by atoms with Crippen LogP contribution in [0.5, 0.6) is 0 Å². The molecule has 0 bridgehead atoms. The van der Waals surface area contributed by atoms with Gasteiger partial charge in [-0.15, -0.1) is 11.3 Å². The Morgan fingerprint density at radius 1 is 1.16 bits per heavy atom. The van der Waals surface area contributed by atoms with Crippen LogP contribution in [0.1, 0.15) is 27.7 Å². The molecule has 0 radical (unpaired) electrons. The van der Waals surface area contributed by atoms with E-state index in [-0.39, 0.29) is 11.2 Å². The summed E-state index contributed by atoms with van der Waals surface area (Å²) in [6, 6.07) is 3.81. The summed E-state index contributed by atoms with van der Waals surface area (Å²) in [7, 11) is -0.396. The SMILES string of the molecule is CC1(C)OB(c2ccc(Cl)c3scnc23)OC1(C)C. The van der Waals surface area contributed by atoms with Crippen LogP contribution in [0.2, 0.25) is 5.02 Å². The van der Waals surface area contributed by atoms with Crippen molar-refractivity contribution in [2.24, 2.45) is 0 Å². The first-order valence-electron chi connectivity index (χ1n) is 6.19. The van der Waals surface area contributed by atoms with Crippen LogP contribution < -0.4 is 5.46 Å². The second-order valence-corrected chi connectivity index (χ2v) is 7.02. The molecule has 0 saturated carbocycles. The van der Waals surface area contributed by atoms with Gasteiger partial charge in [0.25, 0.3) is 0 Å². The van der Waals surface area contributed by atoms with Gasteiger partial charge in [0.15, 0.2) is 0 Å². The Labute approximate surface area is 122 Å². The first-order valence-corrected chi connectivity index (χ1v) is 7.45. The van der Waals surface area contributed by atoms with E-state index >= 15 is 0 Å². The number of fused-ring (bicyclic) bond motifs is 1. The predicted molar refractivity (Wildman–Crippen MR) is 80.3 cm³/mol. The summed E-state index contributed by atoms with van der Waals surface area (Å²) >= 11 is 7.71. The Hall–Kier alpha value is -0.615. The Bertz CT molecular complexity index is 625. The minimum absolute atomic E-state index is 0.348. The van der Waals surface area contributed by atoms with Crippen molar-refractivity contribution < 1.29 is 9.31 Å². The largest absolute Gasteiger partial charge is 0.497 e. The van der Waals surface area contributed by atoms with Crippen LogP contribution in [0.15, 0.2) is 17.6 Å². The number of hydrogen-bond acceptors (Lipinski definition) is 4. The van der Waals surface area contributed by atoms with Gasteiger partial charge in [-0.05, 0) is 33.8 Å². The molecule has 0 spiro atoms. The summed E-state index contributed by atoms with van der Waals surface area (Å²) in [5, 5.41) is 0.720. The number of benzene rings is 1. The third-order valence-electron chi connectivity index (χ3n) is 3.97. The second-order valence-electron chi connectivity index (χ2n) is 5.75. The van der Waals surface area contributed by atoms with Crippen molar-refractivity contribution in [3.05, 3.63) is 22.7 Å². The minimum Gasteiger partial charge on any atom is -0.399 e. The van der Waals surface area contributed by atoms with E-state index < -0.39 is 7.12 Å². The highest BCUT2D eigenvalue weighted by Crippen LogP contribution is 2.37. The fourth-order valence-electron chi connectivity index (χ4n) is 2.10. The normalized spacial score (nSPS) is 21.2. The summed E-state index contributed by atoms with van der Waals surface area (Å²) in [5.74, 6) is 0. The minimum atomic E-state index is -0.396. The summed E-state index contributed by atoms with van der Waals surface area (Å²) in [4.78, 5) is 4.39. The van der Waals surface area contributed by atoms with Gasteiger partial charge in [-0.3, -0.25) is 0 Å². The summed E-state index contributed by atoms with van der Waals surface area (Å²) in [6.45, 7) is 8.17. The standard InChI is InChI=1S/C13H15BClNO2S/c1-12(2)13(3,4)18-14(17-12)8-5-6-9(15)11-10(8)16-7-19-11/h5-7H,1-4H3. The quantitative estimate of drug-likeness (QED) is 0.757. The maximum absolute atomic E-state index is 6.18. The molecule has 1 aliphatic heterocycles. The Kier molecular flexibility index (Phi) is 2.95. The summed E-state index contributed by atoms with van der Waals surface area (Å²) in [6.07, 6.45) is 0. The van der Waals surface area contributed by atoms with Gasteiger partial charge in [0, 0.05) is 5.46 Å². The van der Waals surface area contributed by atoms with Crippen LogP contribution in [0, 0.1) is 0 Å². The van der Waals surface area contributed by atoms with Gasteiger partial charge in [0.2, 0.25) is 0 Å². The molecule has 100 valence electrons. The molecule has 3 rings (SSSR count). The molecule has 19 heavy (non-hydrogen) atoms. The lowest BCUT2D eigenvalue weighted by atomic mass is 9.78. The fraction of sp³-hybridized carbons (Fsp3) is 0.462. The topological polar surface area (TPSA) is 31.4 Å². The monoisotopic (exact) mass is 295 g/mol. The van der Waals surface area contributed by atoms with Crippen molar-refractivity contribution in [2.75, 3.05) is 0 Å². The predicted octanol–water partition coefficient (Wildman–Crippen LogP) is 3.25. The maximum atomic E-state index is 6.18. The van der Waals surface area contributed by atoms with Gasteiger partial charge < -0.3 is 9.31 Å². The molecule has 1 fully saturated rings. The van der Waals surface area contributed by atoms with Crippen molar-refractivity contribution in [3.63, 3.8) is 0 Å². The van der Waals surface area contributed by atoms with Crippen LogP contribution in [0.3, 0.4) is 0 Å². The molecule has 0 unspecified atom stereocenters. The van der Waals surface area contributed by atoms with E-state index in [1.54, 1.807) is 5.51 Å². The van der Waals surface area contributed by atoms with Gasteiger partial charge >= 0.3 is 7.12 Å². The second kappa shape index (κ2) is 4.19. The summed E-state index contributed by atoms with van der Waals surface area (Å²) < 4.78 is 13.1. The highest BCUT2D eigenvalue weighted by molar-refractivity contribution is 7.17. The average Bonchev–Trinajstić information content (AvgIpc) is 2.84. The van der Waals surface area contributed by atoms with E-state index in [1.807, 2.05) is 39.8 Å². The van der Waals surface area contributed by atoms with E-state index in [0.29, 0.717) is 0 Å². The fourth-order valence-corrected chi connectivity index (χ4v) is 3.11. The lowest BCUT2D eigenvalue weighted by Crippen LogP contribution is -2.41. The average molecular weight is 296 g/mol. The molecule has 1 aromatic carbocycles. The molecule has 1 aromatic heterocycles. The van der Waals surface area contributed by atoms with E-state index in [0.717, 1.165) is 20.7 Å². The van der Waals surface area contributed by atoms with E-state index in [1.165, 1.54) is 11.3 Å². The first kappa shape index (κ1) is 13.4. The van der Waals surface area contributed by atoms with Gasteiger partial charge in [-0.1, -0.05) is 17.7 Å². The van der Waals surface area contributed by atoms with Gasteiger partial charge in [-0.2, -0.15) is 0 Å². The van der Waals surface area contributed by atoms with Crippen molar-refractivity contribution in [2.45, 2.75) is 38.9 Å². The lowest BCUT2D eigenvalue weighted by molar-refractivity contribution is 0.00578. The lowest BCUT2D eigenvalue weighted by Gasteiger charge is -2.32. The zero-order chi connectivity index (χ0) is 13.8. The van der Waals surface area contributed by atoms with Crippen molar-refractivity contribution in [1.29, 1.82) is 0 Å². The van der Waals surface area contributed by atoms with Crippen molar-refractivity contribution in [3.8, 4) is 0 Å². The van der Waals surface area contributed by atoms with Crippen molar-refractivity contribution in [1.82, 2.24) is 4.98 Å². The van der Waals surface area contributed by atoms with Crippen LogP contribution in [-0.4, -0.2) is 23.3 Å². The highest BCUT2D eigenvalue weighted by atomic mass is 35.5. The molecule has 2 heterocycles. The number of halogens is 1. The van der Waals surface area contributed by atoms with E-state index in [9.17, 15) is 0 Å². The van der Waals surface area contributed by atoms with E-state index in [2.05, 4.69) is 4.98 Å². The number of hydrogen-bond donors (Lipinski definition) is 0. The molecule has 0 aliphatic carbocycles. The Morgan fingerprint density at radius 3 is 2.42 bits per heavy atom. The molecule has 6 heteroatoms. The van der Waals surface area contributed by atoms with Crippen LogP contribution in [-0.2, 0) is 9.31 Å². The maximum Gasteiger partial charge on any atom is 0.497 e. The van der Waals surface area contributed by atoms with Crippen LogP contribution in [0.25, 0.3) is 10.2 Å². The van der Waals surface area contributed by atoms with Crippen LogP contribution >= 0.6 is 22.9 Å². The molecular formula is C13H15BClNO2S. The number of aromatic nitrogens is 1. The van der Waals surface area contributed by atoms with Crippen LogP contribution in [0.4, 0.5) is 0 Å². The molecule has 3 nitrogen and oxygen atoms in total. The number of rotatable bonds is 1. The molecular weight excluding hydrogens is 280 g/mol. The third-order valence-corrected chi connectivity index (χ3v) is 5.26. The van der Waals surface area contributed by atoms with Gasteiger partial charge in [0.05, 0.1) is 32.0 Å². The zero-order valence-corrected chi connectivity index (χ0v) is 12.9. The third kappa shape index (κ3) is 2.00. The molecule has 0 N–H and O–H groups in total. The van der Waals surface area contributed by atoms with Crippen molar-refractivity contribution >= 4 is 45.7 Å². The molecule has 0 atom stereocenters. The van der Waals surface area contributed by atoms with E-state index in [4.69, 9.17) is 20.9 Å². The number of thiazole rings is 1. The smallest absolute Gasteiger partial charge is 0.399 e. The number of nitrogens with zero attached hydrogens (tertiary/aromatic N) is 1. The molecule has 1 saturated heterocycles. The zero-order valence-electron chi connectivity index (χ0n) is 11.4. The molecule has 1 aliphatic rings. The van der Waals surface area contributed by atoms with Gasteiger partial charge in [0.1, 0.15) is 0 Å². The molecule has 2 aromatic rings. The van der Waals surface area contributed by atoms with Gasteiger partial charge in [-0.25, -0.2) is 4.98 Å². The highest BCUT2D eigenvalue weighted by Gasteiger charge is 2.52. The molecule has 0 amide bonds. The first-order chi connectivity index (χ1) is 8.82. The summed E-state index contributed by atoms with van der Waals surface area (Å²) in [5.41, 5.74) is 2.92.